The van der Waals surface area contributed by atoms with Crippen molar-refractivity contribution in [3.8, 4) is 0 Å². The second-order valence-electron chi connectivity index (χ2n) is 1.44. The van der Waals surface area contributed by atoms with E-state index in [9.17, 15) is 0 Å². The average molecular weight is 244 g/mol. The van der Waals surface area contributed by atoms with E-state index in [1.165, 1.54) is 0 Å². The molecule has 1 rings (SSSR count). The summed E-state index contributed by atoms with van der Waals surface area (Å²) < 4.78 is 2.21. The zero-order chi connectivity index (χ0) is 5.98. The van der Waals surface area contributed by atoms with Gasteiger partial charge in [0.15, 0.2) is 0 Å². The van der Waals surface area contributed by atoms with Crippen LogP contribution >= 0.6 is 31.9 Å². The van der Waals surface area contributed by atoms with E-state index in [1.54, 1.807) is 0 Å². The first-order chi connectivity index (χ1) is 3.79. The van der Waals surface area contributed by atoms with Gasteiger partial charge in [-0.3, -0.25) is 0 Å². The van der Waals surface area contributed by atoms with Crippen LogP contribution in [0.5, 0.6) is 0 Å². The Bertz CT molecular complexity index is 176. The fourth-order valence-corrected chi connectivity index (χ4v) is 1.57. The molecule has 0 spiro atoms. The van der Waals surface area contributed by atoms with Gasteiger partial charge in [0.1, 0.15) is 0 Å². The third-order valence-electron chi connectivity index (χ3n) is 0.787. The van der Waals surface area contributed by atoms with E-state index in [1.807, 2.05) is 24.3 Å². The maximum Gasteiger partial charge on any atom is 1.00 e. The SMILES string of the molecule is Brc1cccc(Br)c1.[H-].[Li+]. The molecule has 1 aromatic rings. The van der Waals surface area contributed by atoms with Gasteiger partial charge in [-0.2, -0.15) is 0 Å². The van der Waals surface area contributed by atoms with Gasteiger partial charge in [0.05, 0.1) is 0 Å². The number of hydrogen-bond acceptors (Lipinski definition) is 0. The molecule has 0 saturated heterocycles. The number of halogens is 2. The van der Waals surface area contributed by atoms with Crippen LogP contribution in [-0.4, -0.2) is 0 Å². The molecule has 1 aromatic carbocycles. The average Bonchev–Trinajstić information content (AvgIpc) is 1.64. The van der Waals surface area contributed by atoms with Crippen molar-refractivity contribution in [3.05, 3.63) is 33.2 Å². The van der Waals surface area contributed by atoms with Crippen molar-refractivity contribution in [3.63, 3.8) is 0 Å². The van der Waals surface area contributed by atoms with Gasteiger partial charge in [0.25, 0.3) is 0 Å². The molecule has 3 heteroatoms. The van der Waals surface area contributed by atoms with E-state index in [0.717, 1.165) is 8.95 Å². The van der Waals surface area contributed by atoms with Gasteiger partial charge in [0, 0.05) is 8.95 Å². The molecule has 0 unspecified atom stereocenters. The van der Waals surface area contributed by atoms with Crippen LogP contribution in [0.1, 0.15) is 1.43 Å². The van der Waals surface area contributed by atoms with E-state index in [0.29, 0.717) is 0 Å². The van der Waals surface area contributed by atoms with Gasteiger partial charge in [-0.1, -0.05) is 37.9 Å². The fourth-order valence-electron chi connectivity index (χ4n) is 0.460. The minimum Gasteiger partial charge on any atom is -1.00 e. The second-order valence-corrected chi connectivity index (χ2v) is 3.27. The van der Waals surface area contributed by atoms with Gasteiger partial charge in [-0.05, 0) is 18.2 Å². The predicted octanol–water partition coefficient (Wildman–Crippen LogP) is 0.328. The molecule has 0 fully saturated rings. The molecule has 0 N–H and O–H groups in total. The normalized spacial score (nSPS) is 8.22. The van der Waals surface area contributed by atoms with Gasteiger partial charge in [0.2, 0.25) is 0 Å². The van der Waals surface area contributed by atoms with Crippen molar-refractivity contribution in [2.24, 2.45) is 0 Å². The van der Waals surface area contributed by atoms with E-state index >= 15 is 0 Å². The van der Waals surface area contributed by atoms with Crippen LogP contribution in [0.25, 0.3) is 0 Å². The summed E-state index contributed by atoms with van der Waals surface area (Å²) in [5.41, 5.74) is 0. The minimum absolute atomic E-state index is 0. The maximum absolute atomic E-state index is 3.33. The minimum atomic E-state index is 0. The van der Waals surface area contributed by atoms with E-state index < -0.39 is 0 Å². The van der Waals surface area contributed by atoms with Crippen LogP contribution in [0.3, 0.4) is 0 Å². The van der Waals surface area contributed by atoms with Crippen molar-refractivity contribution in [1.29, 1.82) is 0 Å². The summed E-state index contributed by atoms with van der Waals surface area (Å²) in [7, 11) is 0. The zero-order valence-electron chi connectivity index (χ0n) is 6.07. The summed E-state index contributed by atoms with van der Waals surface area (Å²) in [5, 5.41) is 0. The second kappa shape index (κ2) is 4.57. The standard InChI is InChI=1S/C6H4Br2.Li.H/c7-5-2-1-3-6(8)4-5;;/h1-4H;;/q;+1;-1. The first-order valence-corrected chi connectivity index (χ1v) is 3.79. The Labute approximate surface area is 84.9 Å². The topological polar surface area (TPSA) is 0 Å². The summed E-state index contributed by atoms with van der Waals surface area (Å²) in [5.74, 6) is 0. The molecule has 0 aliphatic rings. The van der Waals surface area contributed by atoms with Crippen molar-refractivity contribution in [2.75, 3.05) is 0 Å². The van der Waals surface area contributed by atoms with Crippen molar-refractivity contribution < 1.29 is 20.3 Å². The molecule has 44 valence electrons. The molecule has 0 nitrogen and oxygen atoms in total. The van der Waals surface area contributed by atoms with Crippen LogP contribution in [0, 0.1) is 0 Å². The van der Waals surface area contributed by atoms with Crippen LogP contribution in [0.2, 0.25) is 0 Å². The molecule has 0 atom stereocenters. The van der Waals surface area contributed by atoms with Crippen molar-refractivity contribution in [1.82, 2.24) is 0 Å². The Balaban J connectivity index is 0. The molecule has 0 aliphatic carbocycles. The number of benzene rings is 1. The molecular weight excluding hydrogens is 239 g/mol. The quantitative estimate of drug-likeness (QED) is 0.577. The van der Waals surface area contributed by atoms with Crippen molar-refractivity contribution >= 4 is 31.9 Å². The molecular formula is C6H5Br2Li. The largest absolute Gasteiger partial charge is 1.00 e. The zero-order valence-corrected chi connectivity index (χ0v) is 8.24. The first kappa shape index (κ1) is 9.78. The molecule has 0 aromatic heterocycles. The Morgan fingerprint density at radius 2 is 1.56 bits per heavy atom. The van der Waals surface area contributed by atoms with Gasteiger partial charge in [-0.25, -0.2) is 0 Å². The number of rotatable bonds is 0. The third kappa shape index (κ3) is 3.47. The summed E-state index contributed by atoms with van der Waals surface area (Å²) >= 11 is 6.66. The van der Waals surface area contributed by atoms with Crippen LogP contribution in [0.4, 0.5) is 0 Å². The molecule has 9 heavy (non-hydrogen) atoms. The molecule has 0 radical (unpaired) electrons. The Kier molecular flexibility index (Phi) is 4.97. The Morgan fingerprint density at radius 3 is 1.78 bits per heavy atom. The molecule has 0 aliphatic heterocycles. The summed E-state index contributed by atoms with van der Waals surface area (Å²) in [4.78, 5) is 0. The predicted molar refractivity (Wildman–Crippen MR) is 43.0 cm³/mol. The third-order valence-corrected chi connectivity index (χ3v) is 1.77. The van der Waals surface area contributed by atoms with Crippen LogP contribution < -0.4 is 18.9 Å². The summed E-state index contributed by atoms with van der Waals surface area (Å²) in [6, 6.07) is 7.96. The van der Waals surface area contributed by atoms with E-state index in [4.69, 9.17) is 0 Å². The molecule has 0 amide bonds. The molecule has 0 saturated carbocycles. The fraction of sp³-hybridized carbons (Fsp3) is 0. The summed E-state index contributed by atoms with van der Waals surface area (Å²) in [6.07, 6.45) is 0. The Morgan fingerprint density at radius 1 is 1.11 bits per heavy atom. The van der Waals surface area contributed by atoms with Crippen LogP contribution in [-0.2, 0) is 0 Å². The van der Waals surface area contributed by atoms with Gasteiger partial charge >= 0.3 is 18.9 Å². The maximum atomic E-state index is 3.33. The monoisotopic (exact) mass is 242 g/mol. The summed E-state index contributed by atoms with van der Waals surface area (Å²) in [6.45, 7) is 0. The van der Waals surface area contributed by atoms with Gasteiger partial charge < -0.3 is 1.43 Å². The van der Waals surface area contributed by atoms with Crippen molar-refractivity contribution in [2.45, 2.75) is 0 Å². The van der Waals surface area contributed by atoms with E-state index in [-0.39, 0.29) is 20.3 Å². The van der Waals surface area contributed by atoms with Gasteiger partial charge in [-0.15, -0.1) is 0 Å². The number of hydrogen-bond donors (Lipinski definition) is 0. The van der Waals surface area contributed by atoms with E-state index in [2.05, 4.69) is 31.9 Å². The van der Waals surface area contributed by atoms with Crippen LogP contribution in [0.15, 0.2) is 33.2 Å². The molecule has 0 heterocycles. The Hall–Kier alpha value is 0.777. The first-order valence-electron chi connectivity index (χ1n) is 2.20. The molecule has 0 bridgehead atoms. The smallest absolute Gasteiger partial charge is 1.00 e.